The minimum atomic E-state index is -3.79. The summed E-state index contributed by atoms with van der Waals surface area (Å²) in [7, 11) is -3.79. The van der Waals surface area contributed by atoms with Crippen molar-refractivity contribution in [2.75, 3.05) is 32.8 Å². The molecule has 9 nitrogen and oxygen atoms in total. The Hall–Kier alpha value is -2.17. The highest BCUT2D eigenvalue weighted by Crippen LogP contribution is 2.33. The van der Waals surface area contributed by atoms with Gasteiger partial charge in [-0.3, -0.25) is 15.1 Å². The molecule has 1 aromatic carbocycles. The summed E-state index contributed by atoms with van der Waals surface area (Å²) < 4.78 is 33.6. The van der Waals surface area contributed by atoms with E-state index in [9.17, 15) is 18.3 Å². The van der Waals surface area contributed by atoms with E-state index in [4.69, 9.17) is 15.9 Å². The molecule has 0 radical (unpaired) electrons. The molecule has 32 heavy (non-hydrogen) atoms. The summed E-state index contributed by atoms with van der Waals surface area (Å²) in [5.74, 6) is -0.722. The Labute approximate surface area is 191 Å². The Morgan fingerprint density at radius 2 is 1.84 bits per heavy atom. The van der Waals surface area contributed by atoms with Gasteiger partial charge in [0.15, 0.2) is 0 Å². The molecule has 1 aliphatic rings. The molecule has 1 saturated heterocycles. The Balaban J connectivity index is 2.23. The van der Waals surface area contributed by atoms with Crippen molar-refractivity contribution in [3.63, 3.8) is 0 Å². The second-order valence-electron chi connectivity index (χ2n) is 9.43. The van der Waals surface area contributed by atoms with Crippen molar-refractivity contribution >= 4 is 21.8 Å². The van der Waals surface area contributed by atoms with Crippen LogP contribution in [0, 0.1) is 10.8 Å². The van der Waals surface area contributed by atoms with Gasteiger partial charge in [-0.25, -0.2) is 8.42 Å². The lowest BCUT2D eigenvalue weighted by atomic mass is 9.79. The molecule has 0 saturated carbocycles. The number of carbonyl (C=O) groups is 1. The average Bonchev–Trinajstić information content (AvgIpc) is 2.95. The van der Waals surface area contributed by atoms with E-state index in [1.807, 2.05) is 13.8 Å². The van der Waals surface area contributed by atoms with Crippen LogP contribution in [-0.4, -0.2) is 72.9 Å². The van der Waals surface area contributed by atoms with E-state index >= 15 is 0 Å². The van der Waals surface area contributed by atoms with Crippen molar-refractivity contribution in [3.8, 4) is 5.75 Å². The number of nitrogen functional groups attached to an aromatic ring is 1. The minimum Gasteiger partial charge on any atom is -0.493 e. The van der Waals surface area contributed by atoms with E-state index in [1.54, 1.807) is 20.8 Å². The van der Waals surface area contributed by atoms with Crippen LogP contribution in [0.5, 0.6) is 5.75 Å². The van der Waals surface area contributed by atoms with E-state index in [0.717, 1.165) is 0 Å². The van der Waals surface area contributed by atoms with Gasteiger partial charge in [0.25, 0.3) is 0 Å². The maximum atomic E-state index is 13.3. The van der Waals surface area contributed by atoms with Crippen LogP contribution in [0.3, 0.4) is 0 Å². The third-order valence-corrected chi connectivity index (χ3v) is 7.84. The topological polar surface area (TPSA) is 137 Å². The van der Waals surface area contributed by atoms with Gasteiger partial charge in [-0.2, -0.15) is 4.31 Å². The standard InChI is InChI=1S/C22H36N4O5S/c1-6-31-18-9-8-16(14-17(18)19(23)24)32(29,30)26-11-7-10-25(12-13-26)22(4,5)15-21(2,3)20(27)28/h8-9,14H,6-7,10-13,15H2,1-5H3,(H3,23,24)(H,27,28). The number of rotatable bonds is 9. The van der Waals surface area contributed by atoms with Crippen molar-refractivity contribution in [1.29, 1.82) is 5.41 Å². The normalized spacial score (nSPS) is 17.0. The quantitative estimate of drug-likeness (QED) is 0.374. The van der Waals surface area contributed by atoms with E-state index in [0.29, 0.717) is 51.4 Å². The highest BCUT2D eigenvalue weighted by Gasteiger charge is 2.39. The van der Waals surface area contributed by atoms with E-state index in [-0.39, 0.29) is 16.3 Å². The molecule has 2 rings (SSSR count). The second kappa shape index (κ2) is 9.76. The first kappa shape index (κ1) is 26.1. The summed E-state index contributed by atoms with van der Waals surface area (Å²) in [5.41, 5.74) is 4.61. The van der Waals surface area contributed by atoms with Gasteiger partial charge in [-0.1, -0.05) is 0 Å². The molecule has 4 N–H and O–H groups in total. The lowest BCUT2D eigenvalue weighted by Gasteiger charge is -2.41. The number of ether oxygens (including phenoxy) is 1. The molecule has 0 bridgehead atoms. The fourth-order valence-electron chi connectivity index (χ4n) is 4.32. The van der Waals surface area contributed by atoms with E-state index in [1.165, 1.54) is 22.5 Å². The van der Waals surface area contributed by atoms with Crippen LogP contribution in [0.1, 0.15) is 53.0 Å². The van der Waals surface area contributed by atoms with Crippen molar-refractivity contribution in [1.82, 2.24) is 9.21 Å². The molecule has 0 aromatic heterocycles. The smallest absolute Gasteiger partial charge is 0.309 e. The number of hydrogen-bond acceptors (Lipinski definition) is 6. The lowest BCUT2D eigenvalue weighted by Crippen LogP contribution is -2.49. The summed E-state index contributed by atoms with van der Waals surface area (Å²) >= 11 is 0. The number of benzene rings is 1. The molecule has 1 aromatic rings. The molecule has 10 heteroatoms. The number of hydrogen-bond donors (Lipinski definition) is 3. The molecule has 0 spiro atoms. The van der Waals surface area contributed by atoms with Gasteiger partial charge in [0.05, 0.1) is 22.5 Å². The number of sulfonamides is 1. The fourth-order valence-corrected chi connectivity index (χ4v) is 5.82. The molecule has 1 fully saturated rings. The monoisotopic (exact) mass is 468 g/mol. The maximum absolute atomic E-state index is 13.3. The molecule has 0 unspecified atom stereocenters. The number of carboxylic acid groups (broad SMARTS) is 1. The maximum Gasteiger partial charge on any atom is 0.309 e. The number of aliphatic carboxylic acids is 1. The van der Waals surface area contributed by atoms with Gasteiger partial charge in [-0.05, 0) is 72.2 Å². The number of nitrogens with two attached hydrogens (primary N) is 1. The van der Waals surface area contributed by atoms with Gasteiger partial charge >= 0.3 is 5.97 Å². The van der Waals surface area contributed by atoms with Crippen molar-refractivity contribution in [2.45, 2.75) is 57.9 Å². The van der Waals surface area contributed by atoms with E-state index < -0.39 is 26.9 Å². The van der Waals surface area contributed by atoms with Crippen molar-refractivity contribution in [3.05, 3.63) is 23.8 Å². The largest absolute Gasteiger partial charge is 0.493 e. The summed E-state index contributed by atoms with van der Waals surface area (Å²) in [6, 6.07) is 4.41. The Morgan fingerprint density at radius 3 is 2.41 bits per heavy atom. The van der Waals surface area contributed by atoms with Crippen LogP contribution in [0.15, 0.2) is 23.1 Å². The zero-order valence-corrected chi connectivity index (χ0v) is 20.5. The predicted molar refractivity (Wildman–Crippen MR) is 124 cm³/mol. The third-order valence-electron chi connectivity index (χ3n) is 5.94. The zero-order valence-electron chi connectivity index (χ0n) is 19.6. The highest BCUT2D eigenvalue weighted by atomic mass is 32.2. The number of nitrogens with zero attached hydrogens (tertiary/aromatic N) is 2. The SMILES string of the molecule is CCOc1ccc(S(=O)(=O)N2CCCN(C(C)(C)CC(C)(C)C(=O)O)CC2)cc1C(=N)N. The molecule has 180 valence electrons. The molecular formula is C22H36N4O5S. The van der Waals surface area contributed by atoms with Gasteiger partial charge in [0.1, 0.15) is 11.6 Å². The summed E-state index contributed by atoms with van der Waals surface area (Å²) in [6.07, 6.45) is 1.08. The Morgan fingerprint density at radius 1 is 1.19 bits per heavy atom. The van der Waals surface area contributed by atoms with Crippen LogP contribution >= 0.6 is 0 Å². The van der Waals surface area contributed by atoms with Crippen LogP contribution in [-0.2, 0) is 14.8 Å². The zero-order chi connectivity index (χ0) is 24.3. The first-order valence-corrected chi connectivity index (χ1v) is 12.3. The summed E-state index contributed by atoms with van der Waals surface area (Å²) in [5, 5.41) is 17.3. The van der Waals surface area contributed by atoms with Crippen LogP contribution in [0.2, 0.25) is 0 Å². The minimum absolute atomic E-state index is 0.0749. The molecular weight excluding hydrogens is 432 g/mol. The van der Waals surface area contributed by atoms with Gasteiger partial charge < -0.3 is 15.6 Å². The van der Waals surface area contributed by atoms with Crippen LogP contribution < -0.4 is 10.5 Å². The molecule has 0 aliphatic carbocycles. The Kier molecular flexibility index (Phi) is 7.96. The molecule has 0 amide bonds. The lowest BCUT2D eigenvalue weighted by molar-refractivity contribution is -0.149. The highest BCUT2D eigenvalue weighted by molar-refractivity contribution is 7.89. The molecule has 1 aliphatic heterocycles. The van der Waals surface area contributed by atoms with Crippen LogP contribution in [0.4, 0.5) is 0 Å². The van der Waals surface area contributed by atoms with E-state index in [2.05, 4.69) is 4.90 Å². The predicted octanol–water partition coefficient (Wildman–Crippen LogP) is 2.35. The van der Waals surface area contributed by atoms with Crippen molar-refractivity contribution < 1.29 is 23.1 Å². The molecule has 1 heterocycles. The number of carboxylic acids is 1. The molecule has 0 atom stereocenters. The summed E-state index contributed by atoms with van der Waals surface area (Å²) in [4.78, 5) is 13.8. The number of amidine groups is 1. The summed E-state index contributed by atoms with van der Waals surface area (Å²) in [6.45, 7) is 11.5. The van der Waals surface area contributed by atoms with Gasteiger partial charge in [0.2, 0.25) is 10.0 Å². The number of nitrogens with one attached hydrogen (secondary N) is 1. The first-order chi connectivity index (χ1) is 14.7. The first-order valence-electron chi connectivity index (χ1n) is 10.8. The Bertz CT molecular complexity index is 959. The van der Waals surface area contributed by atoms with Crippen LogP contribution in [0.25, 0.3) is 0 Å². The average molecular weight is 469 g/mol. The van der Waals surface area contributed by atoms with Crippen molar-refractivity contribution in [2.24, 2.45) is 11.1 Å². The van der Waals surface area contributed by atoms with Gasteiger partial charge in [-0.15, -0.1) is 0 Å². The van der Waals surface area contributed by atoms with Gasteiger partial charge in [0, 0.05) is 25.2 Å². The second-order valence-corrected chi connectivity index (χ2v) is 11.4. The fraction of sp³-hybridized carbons (Fsp3) is 0.636. The third kappa shape index (κ3) is 5.79.